The van der Waals surface area contributed by atoms with E-state index in [1.54, 1.807) is 24.3 Å². The van der Waals surface area contributed by atoms with Gasteiger partial charge >= 0.3 is 0 Å². The second-order valence-electron chi connectivity index (χ2n) is 4.86. The van der Waals surface area contributed by atoms with Crippen LogP contribution in [0.25, 0.3) is 0 Å². The summed E-state index contributed by atoms with van der Waals surface area (Å²) in [6, 6.07) is 14.9. The molecule has 1 heterocycles. The summed E-state index contributed by atoms with van der Waals surface area (Å²) in [4.78, 5) is 12.2. The Kier molecular flexibility index (Phi) is 3.29. The van der Waals surface area contributed by atoms with Gasteiger partial charge in [0, 0.05) is 11.4 Å². The van der Waals surface area contributed by atoms with Crippen LogP contribution in [0.2, 0.25) is 0 Å². The van der Waals surface area contributed by atoms with Gasteiger partial charge in [-0.15, -0.1) is 0 Å². The first-order valence-corrected chi connectivity index (χ1v) is 6.63. The van der Waals surface area contributed by atoms with Crippen LogP contribution < -0.4 is 15.8 Å². The fourth-order valence-electron chi connectivity index (χ4n) is 2.31. The number of aryl methyl sites for hydroxylation is 1. The third-order valence-electron chi connectivity index (χ3n) is 3.40. The van der Waals surface area contributed by atoms with E-state index in [9.17, 15) is 4.79 Å². The largest absolute Gasteiger partial charge is 0.481 e. The predicted octanol–water partition coefficient (Wildman–Crippen LogP) is 2.60. The number of carbonyl (C=O) groups is 1. The lowest BCUT2D eigenvalue weighted by Gasteiger charge is -2.15. The van der Waals surface area contributed by atoms with Gasteiger partial charge in [-0.3, -0.25) is 4.79 Å². The Morgan fingerprint density at radius 3 is 2.65 bits per heavy atom. The maximum atomic E-state index is 12.2. The second-order valence-corrected chi connectivity index (χ2v) is 4.86. The molecule has 0 radical (unpaired) electrons. The van der Waals surface area contributed by atoms with E-state index in [1.807, 2.05) is 24.3 Å². The van der Waals surface area contributed by atoms with Crippen molar-refractivity contribution in [1.82, 2.24) is 0 Å². The molecule has 2 aromatic rings. The molecule has 0 spiro atoms. The van der Waals surface area contributed by atoms with Gasteiger partial charge in [-0.1, -0.05) is 18.2 Å². The number of fused-ring (bicyclic) bond motifs is 1. The van der Waals surface area contributed by atoms with E-state index in [4.69, 9.17) is 10.5 Å². The Balaban J connectivity index is 1.76. The molecule has 1 amide bonds. The number of nitrogens with one attached hydrogen (secondary N) is 1. The molecule has 1 aliphatic rings. The average molecular weight is 268 g/mol. The molecule has 3 rings (SSSR count). The van der Waals surface area contributed by atoms with E-state index in [-0.39, 0.29) is 5.91 Å². The van der Waals surface area contributed by atoms with Crippen LogP contribution in [0.4, 0.5) is 11.4 Å². The summed E-state index contributed by atoms with van der Waals surface area (Å²) in [6.45, 7) is 0. The quantitative estimate of drug-likeness (QED) is 0.823. The van der Waals surface area contributed by atoms with Crippen molar-refractivity contribution in [2.75, 3.05) is 11.1 Å². The van der Waals surface area contributed by atoms with Crippen molar-refractivity contribution in [2.24, 2.45) is 0 Å². The molecular weight excluding hydrogens is 252 g/mol. The summed E-state index contributed by atoms with van der Waals surface area (Å²) < 4.78 is 5.77. The fourth-order valence-corrected chi connectivity index (χ4v) is 2.31. The Labute approximate surface area is 117 Å². The maximum Gasteiger partial charge on any atom is 0.265 e. The minimum atomic E-state index is -0.481. The van der Waals surface area contributed by atoms with Crippen LogP contribution in [0.5, 0.6) is 5.75 Å². The van der Waals surface area contributed by atoms with Crippen LogP contribution in [-0.4, -0.2) is 12.0 Å². The topological polar surface area (TPSA) is 64.3 Å². The van der Waals surface area contributed by atoms with Gasteiger partial charge in [-0.05, 0) is 48.7 Å². The lowest BCUT2D eigenvalue weighted by atomic mass is 10.1. The van der Waals surface area contributed by atoms with Gasteiger partial charge in [0.05, 0.1) is 0 Å². The molecule has 0 saturated carbocycles. The number of ether oxygens (including phenoxy) is 1. The van der Waals surface area contributed by atoms with Crippen LogP contribution in [0.3, 0.4) is 0 Å². The minimum absolute atomic E-state index is 0.105. The smallest absolute Gasteiger partial charge is 0.265 e. The molecule has 102 valence electrons. The van der Waals surface area contributed by atoms with Crippen LogP contribution in [0.1, 0.15) is 12.0 Å². The van der Waals surface area contributed by atoms with Crippen molar-refractivity contribution in [1.29, 1.82) is 0 Å². The number of amides is 1. The zero-order chi connectivity index (χ0) is 13.9. The van der Waals surface area contributed by atoms with Gasteiger partial charge in [0.25, 0.3) is 5.91 Å². The molecule has 0 fully saturated rings. The molecule has 0 saturated heterocycles. The van der Waals surface area contributed by atoms with E-state index in [1.165, 1.54) is 0 Å². The molecule has 1 aliphatic heterocycles. The molecule has 2 aromatic carbocycles. The van der Waals surface area contributed by atoms with Gasteiger partial charge in [0.15, 0.2) is 6.10 Å². The number of para-hydroxylation sites is 1. The van der Waals surface area contributed by atoms with Crippen LogP contribution in [0.15, 0.2) is 48.5 Å². The van der Waals surface area contributed by atoms with Crippen molar-refractivity contribution in [2.45, 2.75) is 18.9 Å². The Hall–Kier alpha value is -2.49. The number of nitrogens with two attached hydrogens (primary N) is 1. The highest BCUT2D eigenvalue weighted by Crippen LogP contribution is 2.24. The average Bonchev–Trinajstić information content (AvgIpc) is 2.61. The van der Waals surface area contributed by atoms with Crippen molar-refractivity contribution in [3.05, 3.63) is 54.1 Å². The molecule has 4 nitrogen and oxygen atoms in total. The molecule has 0 bridgehead atoms. The van der Waals surface area contributed by atoms with Gasteiger partial charge in [-0.25, -0.2) is 0 Å². The highest BCUT2D eigenvalue weighted by atomic mass is 16.5. The van der Waals surface area contributed by atoms with E-state index >= 15 is 0 Å². The minimum Gasteiger partial charge on any atom is -0.481 e. The third-order valence-corrected chi connectivity index (χ3v) is 3.40. The Morgan fingerprint density at radius 1 is 1.10 bits per heavy atom. The first kappa shape index (κ1) is 12.5. The number of hydrogen-bond acceptors (Lipinski definition) is 3. The molecule has 1 atom stereocenters. The van der Waals surface area contributed by atoms with Crippen molar-refractivity contribution in [3.8, 4) is 5.75 Å². The van der Waals surface area contributed by atoms with Gasteiger partial charge in [0.1, 0.15) is 5.75 Å². The highest BCUT2D eigenvalue weighted by Gasteiger charge is 2.24. The summed E-state index contributed by atoms with van der Waals surface area (Å²) >= 11 is 0. The first-order valence-electron chi connectivity index (χ1n) is 6.63. The summed E-state index contributed by atoms with van der Waals surface area (Å²) in [5, 5.41) is 2.92. The number of rotatable bonds is 2. The SMILES string of the molecule is Nc1ccc(OC2CCc3ccccc3NC2=O)cc1. The predicted molar refractivity (Wildman–Crippen MR) is 78.7 cm³/mol. The van der Waals surface area contributed by atoms with Gasteiger partial charge < -0.3 is 15.8 Å². The molecule has 1 unspecified atom stereocenters. The third kappa shape index (κ3) is 2.59. The molecular formula is C16H16N2O2. The molecule has 0 aliphatic carbocycles. The lowest BCUT2D eigenvalue weighted by molar-refractivity contribution is -0.122. The van der Waals surface area contributed by atoms with Gasteiger partial charge in [-0.2, -0.15) is 0 Å². The van der Waals surface area contributed by atoms with Crippen molar-refractivity contribution < 1.29 is 9.53 Å². The lowest BCUT2D eigenvalue weighted by Crippen LogP contribution is -2.31. The Morgan fingerprint density at radius 2 is 1.85 bits per heavy atom. The molecule has 0 aromatic heterocycles. The number of benzene rings is 2. The normalized spacial score (nSPS) is 17.8. The van der Waals surface area contributed by atoms with Crippen molar-refractivity contribution >= 4 is 17.3 Å². The summed E-state index contributed by atoms with van der Waals surface area (Å²) in [6.07, 6.45) is 0.993. The monoisotopic (exact) mass is 268 g/mol. The number of carbonyl (C=O) groups excluding carboxylic acids is 1. The fraction of sp³-hybridized carbons (Fsp3) is 0.188. The van der Waals surface area contributed by atoms with Crippen LogP contribution in [0, 0.1) is 0 Å². The standard InChI is InChI=1S/C16H16N2O2/c17-12-6-8-13(9-7-12)20-15-10-5-11-3-1-2-4-14(11)18-16(15)19/h1-4,6-9,15H,5,10,17H2,(H,18,19). The number of anilines is 2. The van der Waals surface area contributed by atoms with Crippen LogP contribution in [-0.2, 0) is 11.2 Å². The van der Waals surface area contributed by atoms with E-state index in [0.717, 1.165) is 17.7 Å². The van der Waals surface area contributed by atoms with Crippen LogP contribution >= 0.6 is 0 Å². The molecule has 3 N–H and O–H groups in total. The molecule has 4 heteroatoms. The van der Waals surface area contributed by atoms with Crippen molar-refractivity contribution in [3.63, 3.8) is 0 Å². The summed E-state index contributed by atoms with van der Waals surface area (Å²) in [7, 11) is 0. The van der Waals surface area contributed by atoms with E-state index in [2.05, 4.69) is 5.32 Å². The number of hydrogen-bond donors (Lipinski definition) is 2. The second kappa shape index (κ2) is 5.25. The number of nitrogen functional groups attached to an aromatic ring is 1. The Bertz CT molecular complexity index is 623. The summed E-state index contributed by atoms with van der Waals surface area (Å²) in [5.41, 5.74) is 8.33. The zero-order valence-electron chi connectivity index (χ0n) is 11.0. The zero-order valence-corrected chi connectivity index (χ0v) is 11.0. The highest BCUT2D eigenvalue weighted by molar-refractivity contribution is 5.95. The first-order chi connectivity index (χ1) is 9.72. The molecule has 20 heavy (non-hydrogen) atoms. The summed E-state index contributed by atoms with van der Waals surface area (Å²) in [5.74, 6) is 0.553. The maximum absolute atomic E-state index is 12.2. The van der Waals surface area contributed by atoms with Gasteiger partial charge in [0.2, 0.25) is 0 Å². The van der Waals surface area contributed by atoms with E-state index < -0.39 is 6.10 Å². The van der Waals surface area contributed by atoms with E-state index in [0.29, 0.717) is 17.9 Å².